The lowest BCUT2D eigenvalue weighted by Gasteiger charge is -2.32. The molecule has 3 aliphatic rings. The number of rotatable bonds is 3. The zero-order chi connectivity index (χ0) is 21.7. The van der Waals surface area contributed by atoms with Gasteiger partial charge in [-0.25, -0.2) is 14.8 Å². The highest BCUT2D eigenvalue weighted by Crippen LogP contribution is 2.42. The molecule has 5 rings (SSSR count). The first-order valence-corrected chi connectivity index (χ1v) is 11.1. The number of urea groups is 1. The van der Waals surface area contributed by atoms with Gasteiger partial charge in [0, 0.05) is 56.8 Å². The average molecular weight is 439 g/mol. The molecule has 2 aliphatic heterocycles. The third kappa shape index (κ3) is 3.46. The summed E-state index contributed by atoms with van der Waals surface area (Å²) in [6.07, 6.45) is 0. The summed E-state index contributed by atoms with van der Waals surface area (Å²) in [5.74, 6) is -0.496. The van der Waals surface area contributed by atoms with Crippen LogP contribution in [0.25, 0.3) is 0 Å². The predicted molar refractivity (Wildman–Crippen MR) is 119 cm³/mol. The Hall–Kier alpha value is -2.95. The SMILES string of the molecule is Cc1[nH+]c(C)c(C2=NN=C3C(=O)c4cccc(NC(=O)NN5CCN(C)CC5)c4C32)s1. The van der Waals surface area contributed by atoms with Gasteiger partial charge in [0.05, 0.1) is 5.92 Å². The number of likely N-dealkylation sites (N-methyl/N-ethyl adjacent to an activating group) is 1. The Balaban J connectivity index is 1.43. The maximum absolute atomic E-state index is 13.0. The van der Waals surface area contributed by atoms with E-state index < -0.39 is 0 Å². The van der Waals surface area contributed by atoms with Crippen LogP contribution in [0.15, 0.2) is 28.4 Å². The molecule has 1 saturated heterocycles. The molecule has 3 heterocycles. The molecule has 1 unspecified atom stereocenters. The predicted octanol–water partition coefficient (Wildman–Crippen LogP) is 1.60. The topological polar surface area (TPSA) is 104 Å². The number of thiazole rings is 1. The number of hydrogen-bond donors (Lipinski definition) is 2. The van der Waals surface area contributed by atoms with Gasteiger partial charge in [0.25, 0.3) is 0 Å². The fraction of sp³-hybridized carbons (Fsp3) is 0.381. The van der Waals surface area contributed by atoms with Crippen LogP contribution in [0, 0.1) is 13.8 Å². The molecule has 1 aromatic carbocycles. The molecule has 0 saturated carbocycles. The fourth-order valence-corrected chi connectivity index (χ4v) is 5.31. The van der Waals surface area contributed by atoms with E-state index in [2.05, 4.69) is 37.9 Å². The highest BCUT2D eigenvalue weighted by molar-refractivity contribution is 7.13. The maximum atomic E-state index is 13.0. The van der Waals surface area contributed by atoms with Crippen molar-refractivity contribution in [3.8, 4) is 0 Å². The van der Waals surface area contributed by atoms with Gasteiger partial charge in [0.2, 0.25) is 10.8 Å². The number of nitrogens with zero attached hydrogens (tertiary/aromatic N) is 4. The van der Waals surface area contributed by atoms with Crippen LogP contribution in [-0.2, 0) is 0 Å². The number of fused-ring (bicyclic) bond motifs is 3. The molecule has 9 nitrogen and oxygen atoms in total. The van der Waals surface area contributed by atoms with Crippen LogP contribution in [0.2, 0.25) is 0 Å². The summed E-state index contributed by atoms with van der Waals surface area (Å²) in [6.45, 7) is 7.31. The second-order valence-corrected chi connectivity index (χ2v) is 9.32. The minimum atomic E-state index is -0.368. The highest BCUT2D eigenvalue weighted by atomic mass is 32.1. The second kappa shape index (κ2) is 7.63. The van der Waals surface area contributed by atoms with Gasteiger partial charge < -0.3 is 10.2 Å². The number of aromatic nitrogens is 1. The zero-order valence-electron chi connectivity index (χ0n) is 17.7. The standard InChI is InChI=1S/C21H23N7O2S/c1-11-20(31-12(2)22-11)18-16-15-13(19(29)17(16)24-25-18)5-4-6-14(15)23-21(30)26-28-9-7-27(3)8-10-28/h4-6,16H,7-10H2,1-3H3,(H2,23,26,30)/p+1. The molecule has 0 radical (unpaired) electrons. The zero-order valence-corrected chi connectivity index (χ0v) is 18.5. The van der Waals surface area contributed by atoms with E-state index in [9.17, 15) is 9.59 Å². The number of aromatic amines is 1. The highest BCUT2D eigenvalue weighted by Gasteiger charge is 2.46. The molecular formula is C21H24N7O2S+. The monoisotopic (exact) mass is 438 g/mol. The molecule has 1 aromatic heterocycles. The van der Waals surface area contributed by atoms with Crippen LogP contribution < -0.4 is 15.7 Å². The van der Waals surface area contributed by atoms with E-state index in [1.54, 1.807) is 23.5 Å². The van der Waals surface area contributed by atoms with Gasteiger partial charge in [-0.1, -0.05) is 23.5 Å². The van der Waals surface area contributed by atoms with Crippen molar-refractivity contribution in [1.29, 1.82) is 0 Å². The summed E-state index contributed by atoms with van der Waals surface area (Å²) in [4.78, 5) is 32.2. The normalized spacial score (nSPS) is 20.9. The molecule has 1 atom stereocenters. The van der Waals surface area contributed by atoms with Crippen LogP contribution >= 0.6 is 11.3 Å². The lowest BCUT2D eigenvalue weighted by atomic mass is 9.92. The van der Waals surface area contributed by atoms with Gasteiger partial charge in [-0.05, 0) is 13.1 Å². The summed E-state index contributed by atoms with van der Waals surface area (Å²) in [5.41, 5.74) is 7.03. The Labute approximate surface area is 183 Å². The first-order chi connectivity index (χ1) is 14.9. The van der Waals surface area contributed by atoms with E-state index >= 15 is 0 Å². The Kier molecular flexibility index (Phi) is 4.92. The second-order valence-electron chi connectivity index (χ2n) is 8.09. The van der Waals surface area contributed by atoms with Gasteiger partial charge in [-0.2, -0.15) is 10.2 Å². The number of Topliss-reactive ketones (excluding diaryl/α,β-unsaturated/α-hetero) is 1. The summed E-state index contributed by atoms with van der Waals surface area (Å²) >= 11 is 1.60. The summed E-state index contributed by atoms with van der Waals surface area (Å²) in [7, 11) is 2.07. The molecule has 1 aliphatic carbocycles. The van der Waals surface area contributed by atoms with E-state index in [0.29, 0.717) is 17.0 Å². The van der Waals surface area contributed by atoms with E-state index in [0.717, 1.165) is 53.0 Å². The summed E-state index contributed by atoms with van der Waals surface area (Å²) in [5, 5.41) is 14.5. The third-order valence-corrected chi connectivity index (χ3v) is 7.02. The van der Waals surface area contributed by atoms with Crippen molar-refractivity contribution in [2.45, 2.75) is 19.8 Å². The number of ketones is 1. The number of nitrogens with one attached hydrogen (secondary N) is 3. The number of amides is 2. The lowest BCUT2D eigenvalue weighted by molar-refractivity contribution is -0.389. The quantitative estimate of drug-likeness (QED) is 0.760. The van der Waals surface area contributed by atoms with Gasteiger partial charge in [0.1, 0.15) is 16.3 Å². The van der Waals surface area contributed by atoms with Crippen molar-refractivity contribution < 1.29 is 14.6 Å². The number of carbonyl (C=O) groups is 2. The number of carbonyl (C=O) groups excluding carboxylic acids is 2. The summed E-state index contributed by atoms with van der Waals surface area (Å²) in [6, 6.07) is 5.09. The Morgan fingerprint density at radius 3 is 2.61 bits per heavy atom. The molecular weight excluding hydrogens is 414 g/mol. The maximum Gasteiger partial charge on any atom is 0.333 e. The minimum absolute atomic E-state index is 0.128. The molecule has 10 heteroatoms. The van der Waals surface area contributed by atoms with Crippen molar-refractivity contribution >= 4 is 40.3 Å². The number of aryl methyl sites for hydroxylation is 2. The summed E-state index contributed by atoms with van der Waals surface area (Å²) < 4.78 is 0. The Morgan fingerprint density at radius 1 is 1.16 bits per heavy atom. The van der Waals surface area contributed by atoms with Crippen LogP contribution in [0.1, 0.15) is 37.4 Å². The van der Waals surface area contributed by atoms with Gasteiger partial charge in [0.15, 0.2) is 5.69 Å². The van der Waals surface area contributed by atoms with E-state index in [4.69, 9.17) is 0 Å². The minimum Gasteiger partial charge on any atom is -0.307 e. The van der Waals surface area contributed by atoms with Gasteiger partial charge >= 0.3 is 6.03 Å². The molecule has 160 valence electrons. The van der Waals surface area contributed by atoms with Gasteiger partial charge in [-0.15, -0.1) is 0 Å². The lowest BCUT2D eigenvalue weighted by Crippen LogP contribution is -2.53. The largest absolute Gasteiger partial charge is 0.333 e. The number of piperazine rings is 1. The number of benzene rings is 1. The average Bonchev–Trinajstić information content (AvgIpc) is 3.38. The molecule has 31 heavy (non-hydrogen) atoms. The first-order valence-electron chi connectivity index (χ1n) is 10.3. The molecule has 0 spiro atoms. The Morgan fingerprint density at radius 2 is 1.90 bits per heavy atom. The van der Waals surface area contributed by atoms with Crippen LogP contribution in [0.5, 0.6) is 0 Å². The Bertz CT molecular complexity index is 1140. The van der Waals surface area contributed by atoms with E-state index in [1.165, 1.54) is 0 Å². The molecule has 1 fully saturated rings. The smallest absolute Gasteiger partial charge is 0.307 e. The van der Waals surface area contributed by atoms with Crippen molar-refractivity contribution in [2.75, 3.05) is 38.5 Å². The molecule has 0 bridgehead atoms. The van der Waals surface area contributed by atoms with Crippen molar-refractivity contribution in [1.82, 2.24) is 15.3 Å². The van der Waals surface area contributed by atoms with Crippen molar-refractivity contribution in [3.63, 3.8) is 0 Å². The molecule has 2 aromatic rings. The number of hydrogen-bond acceptors (Lipinski definition) is 7. The van der Waals surface area contributed by atoms with Gasteiger partial charge in [-0.3, -0.25) is 10.2 Å². The number of hydrazine groups is 1. The third-order valence-electron chi connectivity index (χ3n) is 5.89. The van der Waals surface area contributed by atoms with E-state index in [-0.39, 0.29) is 17.7 Å². The van der Waals surface area contributed by atoms with Crippen LogP contribution in [0.4, 0.5) is 10.5 Å². The number of anilines is 1. The number of H-pyrrole nitrogens is 1. The van der Waals surface area contributed by atoms with Crippen LogP contribution in [-0.4, -0.2) is 66.4 Å². The van der Waals surface area contributed by atoms with Crippen LogP contribution in [0.3, 0.4) is 0 Å². The molecule has 3 N–H and O–H groups in total. The fourth-order valence-electron chi connectivity index (χ4n) is 4.33. The first kappa shape index (κ1) is 20.0. The van der Waals surface area contributed by atoms with Crippen molar-refractivity contribution in [3.05, 3.63) is 44.9 Å². The van der Waals surface area contributed by atoms with E-state index in [1.807, 2.05) is 24.9 Å². The molecule has 2 amide bonds. The van der Waals surface area contributed by atoms with Crippen molar-refractivity contribution in [2.24, 2.45) is 10.2 Å².